The minimum Gasteiger partial charge on any atom is -0.497 e. The van der Waals surface area contributed by atoms with E-state index in [1.54, 1.807) is 7.11 Å². The molecule has 2 N–H and O–H groups in total. The average molecular weight is 365 g/mol. The highest BCUT2D eigenvalue weighted by atomic mass is 16.5. The number of nitrogens with zero attached hydrogens (tertiary/aromatic N) is 1. The zero-order valence-electron chi connectivity index (χ0n) is 15.8. The number of aromatic nitrogens is 1. The highest BCUT2D eigenvalue weighted by molar-refractivity contribution is 5.74. The predicted octanol–water partition coefficient (Wildman–Crippen LogP) is 3.69. The topological polar surface area (TPSA) is 63.2 Å². The van der Waals surface area contributed by atoms with E-state index in [1.165, 1.54) is 18.4 Å². The molecule has 2 fully saturated rings. The second-order valence-electron chi connectivity index (χ2n) is 8.11. The Kier molecular flexibility index (Phi) is 5.01. The molecule has 1 heterocycles. The van der Waals surface area contributed by atoms with Gasteiger partial charge in [0.25, 0.3) is 0 Å². The molecule has 2 aliphatic rings. The van der Waals surface area contributed by atoms with Gasteiger partial charge in [0, 0.05) is 25.0 Å². The summed E-state index contributed by atoms with van der Waals surface area (Å²) in [5, 5.41) is 6.06. The molecule has 1 aromatic carbocycles. The number of hydrogen-bond donors (Lipinski definition) is 2. The summed E-state index contributed by atoms with van der Waals surface area (Å²) in [6.07, 6.45) is 9.73. The maximum Gasteiger partial charge on any atom is 0.315 e. The molecule has 5 heteroatoms. The third-order valence-electron chi connectivity index (χ3n) is 6.02. The van der Waals surface area contributed by atoms with Crippen LogP contribution in [0, 0.1) is 11.3 Å². The Morgan fingerprint density at radius 1 is 1.07 bits per heavy atom. The number of hydrogen-bond acceptors (Lipinski definition) is 3. The molecule has 4 rings (SSSR count). The smallest absolute Gasteiger partial charge is 0.315 e. The molecular weight excluding hydrogens is 338 g/mol. The minimum absolute atomic E-state index is 0.0710. The van der Waals surface area contributed by atoms with Gasteiger partial charge >= 0.3 is 6.03 Å². The summed E-state index contributed by atoms with van der Waals surface area (Å²) in [5.41, 5.74) is 2.94. The number of benzene rings is 1. The van der Waals surface area contributed by atoms with E-state index in [2.05, 4.69) is 27.8 Å². The van der Waals surface area contributed by atoms with Crippen LogP contribution in [0.4, 0.5) is 4.79 Å². The van der Waals surface area contributed by atoms with Gasteiger partial charge in [-0.2, -0.15) is 0 Å². The summed E-state index contributed by atoms with van der Waals surface area (Å²) < 4.78 is 5.14. The lowest BCUT2D eigenvalue weighted by molar-refractivity contribution is -0.0454. The summed E-state index contributed by atoms with van der Waals surface area (Å²) in [7, 11) is 1.65. The van der Waals surface area contributed by atoms with Crippen molar-refractivity contribution in [1.82, 2.24) is 15.6 Å². The van der Waals surface area contributed by atoms with Gasteiger partial charge in [0.05, 0.1) is 7.11 Å². The molecule has 0 saturated heterocycles. The van der Waals surface area contributed by atoms with Gasteiger partial charge < -0.3 is 15.4 Å². The molecular formula is C22H27N3O2. The highest BCUT2D eigenvalue weighted by Crippen LogP contribution is 2.59. The van der Waals surface area contributed by atoms with E-state index in [0.717, 1.165) is 36.5 Å². The van der Waals surface area contributed by atoms with Crippen molar-refractivity contribution >= 4 is 6.03 Å². The van der Waals surface area contributed by atoms with E-state index in [9.17, 15) is 4.79 Å². The molecule has 0 atom stereocenters. The molecule has 0 aliphatic heterocycles. The van der Waals surface area contributed by atoms with E-state index in [1.807, 2.05) is 36.7 Å². The zero-order valence-corrected chi connectivity index (χ0v) is 15.8. The van der Waals surface area contributed by atoms with Crippen LogP contribution in [0.15, 0.2) is 48.8 Å². The van der Waals surface area contributed by atoms with E-state index < -0.39 is 0 Å². The number of amides is 2. The average Bonchev–Trinajstić information content (AvgIpc) is 2.64. The van der Waals surface area contributed by atoms with E-state index in [-0.39, 0.29) is 6.03 Å². The molecule has 2 saturated carbocycles. The first kappa shape index (κ1) is 17.8. The highest BCUT2D eigenvalue weighted by Gasteiger charge is 2.52. The summed E-state index contributed by atoms with van der Waals surface area (Å²) in [6, 6.07) is 12.2. The normalized spacial score (nSPS) is 26.0. The quantitative estimate of drug-likeness (QED) is 0.821. The third kappa shape index (κ3) is 4.24. The number of carbonyl (C=O) groups is 1. The lowest BCUT2D eigenvalue weighted by Crippen LogP contribution is -2.57. The van der Waals surface area contributed by atoms with Crippen LogP contribution in [-0.2, 0) is 13.0 Å². The molecule has 1 aromatic heterocycles. The number of nitrogens with one attached hydrogen (secondary N) is 2. The van der Waals surface area contributed by atoms with E-state index in [0.29, 0.717) is 18.0 Å². The lowest BCUT2D eigenvalue weighted by atomic mass is 9.49. The van der Waals surface area contributed by atoms with Gasteiger partial charge in [-0.3, -0.25) is 4.98 Å². The molecule has 5 nitrogen and oxygen atoms in total. The van der Waals surface area contributed by atoms with Crippen molar-refractivity contribution in [3.8, 4) is 5.75 Å². The number of rotatable bonds is 6. The van der Waals surface area contributed by atoms with Gasteiger partial charge in [-0.1, -0.05) is 12.1 Å². The predicted molar refractivity (Wildman–Crippen MR) is 104 cm³/mol. The fraction of sp³-hybridized carbons (Fsp3) is 0.455. The lowest BCUT2D eigenvalue weighted by Gasteiger charge is -2.58. The maximum atomic E-state index is 12.1. The number of carbonyl (C=O) groups excluding carboxylic acids is 1. The Hall–Kier alpha value is -2.56. The molecule has 0 radical (unpaired) electrons. The van der Waals surface area contributed by atoms with Crippen LogP contribution < -0.4 is 15.4 Å². The van der Waals surface area contributed by atoms with Crippen molar-refractivity contribution in [3.05, 3.63) is 59.9 Å². The fourth-order valence-electron chi connectivity index (χ4n) is 4.74. The van der Waals surface area contributed by atoms with E-state index >= 15 is 0 Å². The first-order valence-electron chi connectivity index (χ1n) is 9.70. The number of ether oxygens (including phenoxy) is 1. The monoisotopic (exact) mass is 365 g/mol. The standard InChI is InChI=1S/C22H27N3O2/c1-27-20-4-2-17(3-5-20)15-24-21(26)25-19-13-22(14-19)11-18(12-22)10-16-6-8-23-9-7-16/h2-9,18-19H,10-15H2,1H3,(H2,24,25,26). The second kappa shape index (κ2) is 7.59. The van der Waals surface area contributed by atoms with Crippen LogP contribution in [0.1, 0.15) is 36.8 Å². The van der Waals surface area contributed by atoms with Crippen molar-refractivity contribution in [2.75, 3.05) is 7.11 Å². The summed E-state index contributed by atoms with van der Waals surface area (Å²) in [6.45, 7) is 0.529. The van der Waals surface area contributed by atoms with Crippen molar-refractivity contribution in [3.63, 3.8) is 0 Å². The van der Waals surface area contributed by atoms with Crippen molar-refractivity contribution in [1.29, 1.82) is 0 Å². The van der Waals surface area contributed by atoms with E-state index in [4.69, 9.17) is 4.74 Å². The number of methoxy groups -OCH3 is 1. The Balaban J connectivity index is 1.14. The Labute approximate surface area is 160 Å². The molecule has 2 aliphatic carbocycles. The summed E-state index contributed by atoms with van der Waals surface area (Å²) in [4.78, 5) is 16.2. The van der Waals surface area contributed by atoms with Crippen LogP contribution >= 0.6 is 0 Å². The Morgan fingerprint density at radius 3 is 2.44 bits per heavy atom. The fourth-order valence-corrected chi connectivity index (χ4v) is 4.74. The molecule has 2 amide bonds. The van der Waals surface area contributed by atoms with Crippen LogP contribution in [-0.4, -0.2) is 24.2 Å². The molecule has 27 heavy (non-hydrogen) atoms. The summed E-state index contributed by atoms with van der Waals surface area (Å²) >= 11 is 0. The van der Waals surface area contributed by atoms with Crippen molar-refractivity contribution in [2.24, 2.45) is 11.3 Å². The molecule has 0 unspecified atom stereocenters. The molecule has 1 spiro atoms. The van der Waals surface area contributed by atoms with Gasteiger partial charge in [0.15, 0.2) is 0 Å². The summed E-state index contributed by atoms with van der Waals surface area (Å²) in [5.74, 6) is 1.61. The van der Waals surface area contributed by atoms with Crippen LogP contribution in [0.2, 0.25) is 0 Å². The van der Waals surface area contributed by atoms with Gasteiger partial charge in [-0.15, -0.1) is 0 Å². The zero-order chi connectivity index (χ0) is 18.7. The van der Waals surface area contributed by atoms with Gasteiger partial charge in [0.1, 0.15) is 5.75 Å². The number of urea groups is 1. The first-order valence-corrected chi connectivity index (χ1v) is 9.70. The van der Waals surface area contributed by atoms with Gasteiger partial charge in [-0.05, 0) is 78.8 Å². The van der Waals surface area contributed by atoms with Crippen LogP contribution in [0.25, 0.3) is 0 Å². The maximum absolute atomic E-state index is 12.1. The van der Waals surface area contributed by atoms with Crippen LogP contribution in [0.5, 0.6) is 5.75 Å². The van der Waals surface area contributed by atoms with Gasteiger partial charge in [-0.25, -0.2) is 4.79 Å². The molecule has 142 valence electrons. The Bertz CT molecular complexity index is 762. The minimum atomic E-state index is -0.0710. The largest absolute Gasteiger partial charge is 0.497 e. The molecule has 0 bridgehead atoms. The first-order chi connectivity index (χ1) is 13.1. The third-order valence-corrected chi connectivity index (χ3v) is 6.02. The van der Waals surface area contributed by atoms with Gasteiger partial charge in [0.2, 0.25) is 0 Å². The SMILES string of the molecule is COc1ccc(CNC(=O)NC2CC3(CC(Cc4ccncc4)C3)C2)cc1. The number of pyridine rings is 1. The Morgan fingerprint density at radius 2 is 1.78 bits per heavy atom. The van der Waals surface area contributed by atoms with Crippen LogP contribution in [0.3, 0.4) is 0 Å². The van der Waals surface area contributed by atoms with Crippen molar-refractivity contribution < 1.29 is 9.53 Å². The van der Waals surface area contributed by atoms with Crippen molar-refractivity contribution in [2.45, 2.75) is 44.7 Å². The second-order valence-corrected chi connectivity index (χ2v) is 8.11. The molecule has 2 aromatic rings.